The van der Waals surface area contributed by atoms with Crippen molar-refractivity contribution in [2.45, 2.75) is 26.7 Å². The van der Waals surface area contributed by atoms with Gasteiger partial charge in [0.1, 0.15) is 0 Å². The van der Waals surface area contributed by atoms with Crippen LogP contribution in [0.2, 0.25) is 0 Å². The first-order valence-electron chi connectivity index (χ1n) is 6.09. The first-order valence-corrected chi connectivity index (χ1v) is 6.09. The lowest BCUT2D eigenvalue weighted by molar-refractivity contribution is 0.414. The first kappa shape index (κ1) is 11.4. The second-order valence-electron chi connectivity index (χ2n) is 4.71. The number of nitrogens with zero attached hydrogens (tertiary/aromatic N) is 2. The normalized spacial score (nSPS) is 17.8. The maximum absolute atomic E-state index is 5.71. The maximum atomic E-state index is 5.71. The minimum Gasteiger partial charge on any atom is -0.371 e. The van der Waals surface area contributed by atoms with E-state index < -0.39 is 0 Å². The summed E-state index contributed by atoms with van der Waals surface area (Å²) in [4.78, 5) is 6.79. The summed E-state index contributed by atoms with van der Waals surface area (Å²) in [6, 6.07) is 2.13. The highest BCUT2D eigenvalue weighted by molar-refractivity contribution is 5.54. The van der Waals surface area contributed by atoms with E-state index in [4.69, 9.17) is 5.73 Å². The molecule has 0 bridgehead atoms. The summed E-state index contributed by atoms with van der Waals surface area (Å²) in [5.41, 5.74) is 9.51. The Morgan fingerprint density at radius 2 is 2.06 bits per heavy atom. The van der Waals surface area contributed by atoms with Crippen molar-refractivity contribution in [3.8, 4) is 0 Å². The van der Waals surface area contributed by atoms with Crippen LogP contribution in [-0.2, 0) is 0 Å². The lowest BCUT2D eigenvalue weighted by Crippen LogP contribution is -2.36. The average Bonchev–Trinajstić information content (AvgIpc) is 2.33. The van der Waals surface area contributed by atoms with Crippen molar-refractivity contribution in [3.05, 3.63) is 23.5 Å². The fourth-order valence-electron chi connectivity index (χ4n) is 2.38. The van der Waals surface area contributed by atoms with Crippen molar-refractivity contribution in [1.82, 2.24) is 4.98 Å². The van der Waals surface area contributed by atoms with Crippen LogP contribution in [0, 0.1) is 19.8 Å². The van der Waals surface area contributed by atoms with E-state index >= 15 is 0 Å². The van der Waals surface area contributed by atoms with Gasteiger partial charge < -0.3 is 10.6 Å². The topological polar surface area (TPSA) is 42.2 Å². The molecule has 0 unspecified atom stereocenters. The highest BCUT2D eigenvalue weighted by Gasteiger charge is 2.19. The van der Waals surface area contributed by atoms with E-state index in [1.165, 1.54) is 24.1 Å². The SMILES string of the molecule is Cc1nccc(N2CCC(CN)CC2)c1C. The van der Waals surface area contributed by atoms with Gasteiger partial charge in [0.25, 0.3) is 0 Å². The first-order chi connectivity index (χ1) is 7.72. The Hall–Kier alpha value is -1.09. The Balaban J connectivity index is 2.11. The molecule has 3 heteroatoms. The Bertz CT molecular complexity index is 354. The van der Waals surface area contributed by atoms with Crippen LogP contribution in [0.15, 0.2) is 12.3 Å². The Kier molecular flexibility index (Phi) is 3.44. The molecule has 0 radical (unpaired) electrons. The molecule has 88 valence electrons. The predicted molar refractivity (Wildman–Crippen MR) is 67.7 cm³/mol. The number of anilines is 1. The molecule has 0 aromatic carbocycles. The van der Waals surface area contributed by atoms with Crippen molar-refractivity contribution in [2.24, 2.45) is 11.7 Å². The van der Waals surface area contributed by atoms with E-state index in [1.807, 2.05) is 6.20 Å². The van der Waals surface area contributed by atoms with Crippen LogP contribution < -0.4 is 10.6 Å². The molecule has 0 aliphatic carbocycles. The molecular formula is C13H21N3. The van der Waals surface area contributed by atoms with Gasteiger partial charge in [0, 0.05) is 30.7 Å². The van der Waals surface area contributed by atoms with Crippen LogP contribution in [0.1, 0.15) is 24.1 Å². The summed E-state index contributed by atoms with van der Waals surface area (Å²) < 4.78 is 0. The summed E-state index contributed by atoms with van der Waals surface area (Å²) in [6.07, 6.45) is 4.35. The smallest absolute Gasteiger partial charge is 0.0429 e. The minimum atomic E-state index is 0.722. The standard InChI is InChI=1S/C13H21N3/c1-10-11(2)15-6-3-13(10)16-7-4-12(9-14)5-8-16/h3,6,12H,4-5,7-9,14H2,1-2H3. The lowest BCUT2D eigenvalue weighted by Gasteiger charge is -2.34. The van der Waals surface area contributed by atoms with Gasteiger partial charge in [-0.1, -0.05) is 0 Å². The number of nitrogens with two attached hydrogens (primary N) is 1. The zero-order chi connectivity index (χ0) is 11.5. The van der Waals surface area contributed by atoms with Crippen LogP contribution in [0.5, 0.6) is 0 Å². The van der Waals surface area contributed by atoms with Gasteiger partial charge in [-0.15, -0.1) is 0 Å². The van der Waals surface area contributed by atoms with Crippen molar-refractivity contribution >= 4 is 5.69 Å². The van der Waals surface area contributed by atoms with E-state index in [2.05, 4.69) is 29.8 Å². The molecule has 1 saturated heterocycles. The maximum Gasteiger partial charge on any atom is 0.0429 e. The van der Waals surface area contributed by atoms with Gasteiger partial charge in [-0.3, -0.25) is 4.98 Å². The highest BCUT2D eigenvalue weighted by Crippen LogP contribution is 2.26. The molecule has 3 nitrogen and oxygen atoms in total. The fourth-order valence-corrected chi connectivity index (χ4v) is 2.38. The van der Waals surface area contributed by atoms with Gasteiger partial charge in [-0.25, -0.2) is 0 Å². The van der Waals surface area contributed by atoms with E-state index in [0.717, 1.165) is 31.2 Å². The molecule has 2 N–H and O–H groups in total. The molecule has 2 heterocycles. The molecule has 0 saturated carbocycles. The van der Waals surface area contributed by atoms with Gasteiger partial charge in [0.05, 0.1) is 0 Å². The molecule has 2 rings (SSSR count). The molecule has 0 atom stereocenters. The molecule has 1 aromatic rings. The number of hydrogen-bond donors (Lipinski definition) is 1. The summed E-state index contributed by atoms with van der Waals surface area (Å²) >= 11 is 0. The Labute approximate surface area is 97.7 Å². The van der Waals surface area contributed by atoms with Crippen LogP contribution in [0.4, 0.5) is 5.69 Å². The zero-order valence-corrected chi connectivity index (χ0v) is 10.2. The van der Waals surface area contributed by atoms with Crippen molar-refractivity contribution < 1.29 is 0 Å². The third kappa shape index (κ3) is 2.19. The van der Waals surface area contributed by atoms with E-state index in [9.17, 15) is 0 Å². The molecular weight excluding hydrogens is 198 g/mol. The predicted octanol–water partition coefficient (Wildman–Crippen LogP) is 1.87. The van der Waals surface area contributed by atoms with E-state index in [0.29, 0.717) is 0 Å². The van der Waals surface area contributed by atoms with Gasteiger partial charge in [-0.2, -0.15) is 0 Å². The molecule has 1 aromatic heterocycles. The Morgan fingerprint density at radius 3 is 2.69 bits per heavy atom. The zero-order valence-electron chi connectivity index (χ0n) is 10.2. The molecule has 0 amide bonds. The molecule has 1 aliphatic rings. The number of aryl methyl sites for hydroxylation is 1. The van der Waals surface area contributed by atoms with Crippen LogP contribution in [0.25, 0.3) is 0 Å². The Morgan fingerprint density at radius 1 is 1.38 bits per heavy atom. The second kappa shape index (κ2) is 4.83. The number of pyridine rings is 1. The quantitative estimate of drug-likeness (QED) is 0.825. The molecule has 0 spiro atoms. The van der Waals surface area contributed by atoms with Gasteiger partial charge in [0.2, 0.25) is 0 Å². The number of rotatable bonds is 2. The van der Waals surface area contributed by atoms with Crippen molar-refractivity contribution in [2.75, 3.05) is 24.5 Å². The largest absolute Gasteiger partial charge is 0.371 e. The van der Waals surface area contributed by atoms with Gasteiger partial charge >= 0.3 is 0 Å². The van der Waals surface area contributed by atoms with E-state index in [-0.39, 0.29) is 0 Å². The highest BCUT2D eigenvalue weighted by atomic mass is 15.1. The van der Waals surface area contributed by atoms with Gasteiger partial charge in [-0.05, 0) is 50.8 Å². The van der Waals surface area contributed by atoms with Crippen molar-refractivity contribution in [1.29, 1.82) is 0 Å². The van der Waals surface area contributed by atoms with E-state index in [1.54, 1.807) is 0 Å². The summed E-state index contributed by atoms with van der Waals surface area (Å²) in [6.45, 7) is 7.33. The third-order valence-electron chi connectivity index (χ3n) is 3.72. The number of hydrogen-bond acceptors (Lipinski definition) is 3. The monoisotopic (exact) mass is 219 g/mol. The summed E-state index contributed by atoms with van der Waals surface area (Å²) in [5.74, 6) is 0.722. The van der Waals surface area contributed by atoms with Crippen LogP contribution >= 0.6 is 0 Å². The average molecular weight is 219 g/mol. The summed E-state index contributed by atoms with van der Waals surface area (Å²) in [7, 11) is 0. The third-order valence-corrected chi connectivity index (χ3v) is 3.72. The van der Waals surface area contributed by atoms with Crippen molar-refractivity contribution in [3.63, 3.8) is 0 Å². The number of piperidine rings is 1. The van der Waals surface area contributed by atoms with Crippen LogP contribution in [-0.4, -0.2) is 24.6 Å². The summed E-state index contributed by atoms with van der Waals surface area (Å²) in [5, 5.41) is 0. The molecule has 1 fully saturated rings. The molecule has 1 aliphatic heterocycles. The number of aromatic nitrogens is 1. The second-order valence-corrected chi connectivity index (χ2v) is 4.71. The van der Waals surface area contributed by atoms with Gasteiger partial charge in [0.15, 0.2) is 0 Å². The fraction of sp³-hybridized carbons (Fsp3) is 0.615. The molecule has 16 heavy (non-hydrogen) atoms. The van der Waals surface area contributed by atoms with Crippen LogP contribution in [0.3, 0.4) is 0 Å². The lowest BCUT2D eigenvalue weighted by atomic mass is 9.96. The minimum absolute atomic E-state index is 0.722.